The molecule has 0 aromatic heterocycles. The van der Waals surface area contributed by atoms with E-state index in [0.717, 1.165) is 12.8 Å². The second kappa shape index (κ2) is 7.24. The third-order valence-corrected chi connectivity index (χ3v) is 5.84. The highest BCUT2D eigenvalue weighted by molar-refractivity contribution is 7.89. The summed E-state index contributed by atoms with van der Waals surface area (Å²) in [5.74, 6) is 1.16. The lowest BCUT2D eigenvalue weighted by Crippen LogP contribution is -2.37. The van der Waals surface area contributed by atoms with Crippen LogP contribution < -0.4 is 10.5 Å². The zero-order valence-electron chi connectivity index (χ0n) is 12.5. The minimum absolute atomic E-state index is 0.323. The van der Waals surface area contributed by atoms with E-state index in [-0.39, 0.29) is 0 Å². The molecule has 5 nitrogen and oxygen atoms in total. The molecule has 1 aliphatic carbocycles. The van der Waals surface area contributed by atoms with E-state index in [4.69, 9.17) is 10.5 Å². The first-order valence-corrected chi connectivity index (χ1v) is 8.95. The van der Waals surface area contributed by atoms with Gasteiger partial charge in [-0.3, -0.25) is 0 Å². The van der Waals surface area contributed by atoms with E-state index < -0.39 is 10.0 Å². The lowest BCUT2D eigenvalue weighted by molar-refractivity contribution is 0.250. The summed E-state index contributed by atoms with van der Waals surface area (Å²) in [6.07, 6.45) is 3.49. The molecule has 2 N–H and O–H groups in total. The molecular formula is C15H24N2O3S. The smallest absolute Gasteiger partial charge is 0.243 e. The molecule has 0 heterocycles. The number of benzene rings is 1. The molecule has 1 aromatic rings. The minimum atomic E-state index is -3.41. The van der Waals surface area contributed by atoms with Gasteiger partial charge in [0.25, 0.3) is 0 Å². The van der Waals surface area contributed by atoms with Crippen LogP contribution in [0.2, 0.25) is 0 Å². The van der Waals surface area contributed by atoms with Crippen molar-refractivity contribution in [2.75, 3.05) is 26.2 Å². The maximum atomic E-state index is 12.6. The van der Waals surface area contributed by atoms with Crippen LogP contribution >= 0.6 is 0 Å². The van der Waals surface area contributed by atoms with Crippen molar-refractivity contribution in [1.29, 1.82) is 0 Å². The average Bonchev–Trinajstić information content (AvgIpc) is 2.44. The van der Waals surface area contributed by atoms with E-state index in [0.29, 0.717) is 42.8 Å². The summed E-state index contributed by atoms with van der Waals surface area (Å²) in [6, 6.07) is 6.56. The number of hydrogen-bond acceptors (Lipinski definition) is 4. The maximum Gasteiger partial charge on any atom is 0.243 e. The zero-order chi connectivity index (χ0) is 15.3. The molecule has 2 rings (SSSR count). The van der Waals surface area contributed by atoms with E-state index in [9.17, 15) is 8.42 Å². The Morgan fingerprint density at radius 2 is 1.95 bits per heavy atom. The van der Waals surface area contributed by atoms with Gasteiger partial charge in [0.1, 0.15) is 12.4 Å². The van der Waals surface area contributed by atoms with E-state index >= 15 is 0 Å². The number of sulfonamides is 1. The van der Waals surface area contributed by atoms with Gasteiger partial charge in [-0.1, -0.05) is 13.3 Å². The van der Waals surface area contributed by atoms with Crippen molar-refractivity contribution in [3.8, 4) is 5.75 Å². The van der Waals surface area contributed by atoms with Crippen molar-refractivity contribution in [3.05, 3.63) is 24.3 Å². The van der Waals surface area contributed by atoms with Gasteiger partial charge in [0.05, 0.1) is 4.90 Å². The van der Waals surface area contributed by atoms with Gasteiger partial charge >= 0.3 is 0 Å². The molecule has 118 valence electrons. The molecule has 0 spiro atoms. The van der Waals surface area contributed by atoms with Gasteiger partial charge in [0.15, 0.2) is 0 Å². The topological polar surface area (TPSA) is 72.6 Å². The van der Waals surface area contributed by atoms with Crippen LogP contribution in [0.15, 0.2) is 29.2 Å². The predicted molar refractivity (Wildman–Crippen MR) is 82.8 cm³/mol. The summed E-state index contributed by atoms with van der Waals surface area (Å²) >= 11 is 0. The fourth-order valence-electron chi connectivity index (χ4n) is 2.39. The van der Waals surface area contributed by atoms with Gasteiger partial charge in [-0.2, -0.15) is 4.31 Å². The van der Waals surface area contributed by atoms with Gasteiger partial charge in [-0.15, -0.1) is 0 Å². The Morgan fingerprint density at radius 3 is 2.43 bits per heavy atom. The molecule has 1 aliphatic rings. The van der Waals surface area contributed by atoms with Crippen molar-refractivity contribution in [3.63, 3.8) is 0 Å². The van der Waals surface area contributed by atoms with Crippen LogP contribution in [0.1, 0.15) is 26.2 Å². The number of ether oxygens (including phenoxy) is 1. The van der Waals surface area contributed by atoms with Crippen LogP contribution in [-0.2, 0) is 10.0 Å². The Morgan fingerprint density at radius 1 is 1.29 bits per heavy atom. The number of nitrogens with two attached hydrogens (primary N) is 1. The lowest BCUT2D eigenvalue weighted by Gasteiger charge is -2.31. The van der Waals surface area contributed by atoms with Crippen LogP contribution in [0.25, 0.3) is 0 Å². The van der Waals surface area contributed by atoms with E-state index in [1.807, 2.05) is 6.92 Å². The molecule has 6 heteroatoms. The van der Waals surface area contributed by atoms with Crippen LogP contribution in [-0.4, -0.2) is 39.0 Å². The second-order valence-corrected chi connectivity index (χ2v) is 7.30. The van der Waals surface area contributed by atoms with Gasteiger partial charge in [0.2, 0.25) is 10.0 Å². The summed E-state index contributed by atoms with van der Waals surface area (Å²) in [5, 5.41) is 0. The molecule has 1 fully saturated rings. The first-order chi connectivity index (χ1) is 10.1. The second-order valence-electron chi connectivity index (χ2n) is 5.36. The largest absolute Gasteiger partial charge is 0.492 e. The van der Waals surface area contributed by atoms with Gasteiger partial charge in [-0.25, -0.2) is 8.42 Å². The standard InChI is InChI=1S/C15H24N2O3S/c1-2-17(12-13-4-3-5-13)21(18,19)15-8-6-14(7-9-15)20-11-10-16/h6-9,13H,2-5,10-12,16H2,1H3. The fourth-order valence-corrected chi connectivity index (χ4v) is 3.92. The van der Waals surface area contributed by atoms with Crippen molar-refractivity contribution in [2.45, 2.75) is 31.1 Å². The number of rotatable bonds is 8. The highest BCUT2D eigenvalue weighted by atomic mass is 32.2. The maximum absolute atomic E-state index is 12.6. The van der Waals surface area contributed by atoms with Crippen molar-refractivity contribution in [2.24, 2.45) is 11.7 Å². The van der Waals surface area contributed by atoms with Crippen LogP contribution in [0, 0.1) is 5.92 Å². The summed E-state index contributed by atoms with van der Waals surface area (Å²) in [4.78, 5) is 0.323. The molecule has 0 radical (unpaired) electrons. The molecule has 0 atom stereocenters. The Bertz CT molecular complexity index is 539. The zero-order valence-corrected chi connectivity index (χ0v) is 13.3. The lowest BCUT2D eigenvalue weighted by atomic mass is 9.85. The SMILES string of the molecule is CCN(CC1CCC1)S(=O)(=O)c1ccc(OCCN)cc1. The molecule has 0 bridgehead atoms. The van der Waals surface area contributed by atoms with E-state index in [1.165, 1.54) is 6.42 Å². The van der Waals surface area contributed by atoms with Crippen LogP contribution in [0.4, 0.5) is 0 Å². The normalized spacial score (nSPS) is 16.0. The van der Waals surface area contributed by atoms with E-state index in [1.54, 1.807) is 28.6 Å². The number of nitrogens with zero attached hydrogens (tertiary/aromatic N) is 1. The quantitative estimate of drug-likeness (QED) is 0.795. The fraction of sp³-hybridized carbons (Fsp3) is 0.600. The Hall–Kier alpha value is -1.11. The molecule has 0 amide bonds. The summed E-state index contributed by atoms with van der Waals surface area (Å²) in [6.45, 7) is 3.88. The molecule has 0 unspecified atom stereocenters. The number of hydrogen-bond donors (Lipinski definition) is 1. The predicted octanol–water partition coefficient (Wildman–Crippen LogP) is 1.83. The van der Waals surface area contributed by atoms with Gasteiger partial charge in [0, 0.05) is 19.6 Å². The average molecular weight is 312 g/mol. The van der Waals surface area contributed by atoms with Gasteiger partial charge < -0.3 is 10.5 Å². The molecule has 21 heavy (non-hydrogen) atoms. The highest BCUT2D eigenvalue weighted by Gasteiger charge is 2.28. The van der Waals surface area contributed by atoms with Crippen LogP contribution in [0.3, 0.4) is 0 Å². The Balaban J connectivity index is 2.09. The van der Waals surface area contributed by atoms with Crippen molar-refractivity contribution < 1.29 is 13.2 Å². The summed E-state index contributed by atoms with van der Waals surface area (Å²) < 4.78 is 32.2. The summed E-state index contributed by atoms with van der Waals surface area (Å²) in [7, 11) is -3.41. The third-order valence-electron chi connectivity index (χ3n) is 3.89. The first kappa shape index (κ1) is 16.3. The molecule has 0 aliphatic heterocycles. The molecule has 1 saturated carbocycles. The van der Waals surface area contributed by atoms with E-state index in [2.05, 4.69) is 0 Å². The molecular weight excluding hydrogens is 288 g/mol. The highest BCUT2D eigenvalue weighted by Crippen LogP contribution is 2.29. The third kappa shape index (κ3) is 3.96. The Labute approximate surface area is 127 Å². The first-order valence-electron chi connectivity index (χ1n) is 7.51. The minimum Gasteiger partial charge on any atom is -0.492 e. The molecule has 0 saturated heterocycles. The molecule has 1 aromatic carbocycles. The monoisotopic (exact) mass is 312 g/mol. The van der Waals surface area contributed by atoms with Crippen molar-refractivity contribution >= 4 is 10.0 Å². The summed E-state index contributed by atoms with van der Waals surface area (Å²) in [5.41, 5.74) is 5.37. The Kier molecular flexibility index (Phi) is 5.61. The van der Waals surface area contributed by atoms with Gasteiger partial charge in [-0.05, 0) is 43.0 Å². The van der Waals surface area contributed by atoms with Crippen molar-refractivity contribution in [1.82, 2.24) is 4.31 Å². The van der Waals surface area contributed by atoms with Crippen LogP contribution in [0.5, 0.6) is 5.75 Å².